The zero-order chi connectivity index (χ0) is 50.5. The molecule has 0 bridgehead atoms. The molecule has 2 nitrogen and oxygen atoms in total. The van der Waals surface area contributed by atoms with Crippen molar-refractivity contribution in [2.45, 2.75) is 32.6 Å². The zero-order valence-corrected chi connectivity index (χ0v) is 42.6. The quantitative estimate of drug-likeness (QED) is 0.142. The third-order valence-electron chi connectivity index (χ3n) is 15.6. The van der Waals surface area contributed by atoms with Gasteiger partial charge >= 0.3 is 0 Å². The van der Waals surface area contributed by atoms with E-state index < -0.39 is 5.41 Å². The number of benzene rings is 11. The van der Waals surface area contributed by atoms with Gasteiger partial charge in [-0.05, 0) is 175 Å². The summed E-state index contributed by atoms with van der Waals surface area (Å²) in [6.45, 7) is 6.16. The van der Waals surface area contributed by atoms with Crippen LogP contribution in [0.5, 0.6) is 0 Å². The summed E-state index contributed by atoms with van der Waals surface area (Å²) in [5.41, 5.74) is 28.1. The number of nitrogens with zero attached hydrogens (tertiary/aromatic N) is 2. The maximum atomic E-state index is 2.53. The second kappa shape index (κ2) is 19.0. The standard InChI is InChI=1S/C71H50N2.C2H6/c1-48-25-33-56(34-26-48)72(57-35-27-52(28-36-57)49-15-5-2-6-16-49)60-42-44-68-65(46-60)63-23-13-14-24-67(63)71(68)69-47-61(41-43-64(69)66-45-55-21-11-12-22-62(55)70(66)71)73(58-37-29-53(30-38-58)50-17-7-3-8-18-50)59-39-31-54(32-40-59)51-19-9-4-10-20-51;1-2/h2-44,46-47H,45H2,1H3;1-2H3. The maximum Gasteiger partial charge on any atom is 0.0729 e. The Labute approximate surface area is 441 Å². The maximum absolute atomic E-state index is 2.53. The van der Waals surface area contributed by atoms with Gasteiger partial charge in [-0.25, -0.2) is 0 Å². The van der Waals surface area contributed by atoms with Crippen LogP contribution >= 0.6 is 0 Å². The highest BCUT2D eigenvalue weighted by Gasteiger charge is 2.55. The van der Waals surface area contributed by atoms with Crippen molar-refractivity contribution in [3.05, 3.63) is 312 Å². The number of hydrogen-bond donors (Lipinski definition) is 0. The Morgan fingerprint density at radius 1 is 0.293 bits per heavy atom. The van der Waals surface area contributed by atoms with Gasteiger partial charge in [-0.15, -0.1) is 0 Å². The van der Waals surface area contributed by atoms with E-state index in [4.69, 9.17) is 0 Å². The summed E-state index contributed by atoms with van der Waals surface area (Å²) in [5, 5.41) is 0. The smallest absolute Gasteiger partial charge is 0.0729 e. The topological polar surface area (TPSA) is 6.48 Å². The van der Waals surface area contributed by atoms with E-state index in [1.165, 1.54) is 94.6 Å². The fourth-order valence-corrected chi connectivity index (χ4v) is 12.3. The van der Waals surface area contributed by atoms with E-state index in [0.29, 0.717) is 0 Å². The van der Waals surface area contributed by atoms with Crippen molar-refractivity contribution in [3.63, 3.8) is 0 Å². The van der Waals surface area contributed by atoms with Crippen molar-refractivity contribution in [2.24, 2.45) is 0 Å². The second-order valence-corrected chi connectivity index (χ2v) is 19.7. The van der Waals surface area contributed by atoms with E-state index in [2.05, 4.69) is 290 Å². The molecule has 3 aliphatic carbocycles. The fourth-order valence-electron chi connectivity index (χ4n) is 12.3. The first kappa shape index (κ1) is 45.6. The number of anilines is 6. The first-order valence-electron chi connectivity index (χ1n) is 26.4. The number of hydrogen-bond acceptors (Lipinski definition) is 2. The van der Waals surface area contributed by atoms with Gasteiger partial charge in [0.05, 0.1) is 5.41 Å². The Hall–Kier alpha value is -9.24. The Morgan fingerprint density at radius 2 is 0.680 bits per heavy atom. The molecule has 0 N–H and O–H groups in total. The first-order valence-corrected chi connectivity index (χ1v) is 26.4. The molecule has 0 saturated carbocycles. The second-order valence-electron chi connectivity index (χ2n) is 19.7. The largest absolute Gasteiger partial charge is 0.310 e. The van der Waals surface area contributed by atoms with Crippen LogP contribution in [0.2, 0.25) is 0 Å². The van der Waals surface area contributed by atoms with Crippen LogP contribution in [0.1, 0.15) is 52.8 Å². The first-order chi connectivity index (χ1) is 37.1. The molecule has 2 heteroatoms. The summed E-state index contributed by atoms with van der Waals surface area (Å²) in [6, 6.07) is 101. The summed E-state index contributed by atoms with van der Waals surface area (Å²) < 4.78 is 0. The van der Waals surface area contributed by atoms with E-state index in [0.717, 1.165) is 40.5 Å². The lowest BCUT2D eigenvalue weighted by Gasteiger charge is -2.34. The normalized spacial score (nSPS) is 14.3. The minimum atomic E-state index is -0.552. The molecule has 14 rings (SSSR count). The molecular weight excluding hydrogens is 905 g/mol. The highest BCUT2D eigenvalue weighted by Crippen LogP contribution is 2.67. The fraction of sp³-hybridized carbons (Fsp3) is 0.0685. The van der Waals surface area contributed by atoms with Crippen molar-refractivity contribution >= 4 is 45.3 Å². The van der Waals surface area contributed by atoms with E-state index >= 15 is 0 Å². The van der Waals surface area contributed by atoms with Crippen molar-refractivity contribution < 1.29 is 0 Å². The molecule has 0 aromatic heterocycles. The molecule has 1 unspecified atom stereocenters. The zero-order valence-electron chi connectivity index (χ0n) is 42.6. The van der Waals surface area contributed by atoms with Gasteiger partial charge in [0.1, 0.15) is 0 Å². The van der Waals surface area contributed by atoms with Crippen molar-refractivity contribution in [1.29, 1.82) is 0 Å². The van der Waals surface area contributed by atoms with Gasteiger partial charge in [-0.1, -0.05) is 220 Å². The molecule has 0 aliphatic heterocycles. The van der Waals surface area contributed by atoms with E-state index in [9.17, 15) is 0 Å². The van der Waals surface area contributed by atoms with Crippen LogP contribution in [0.15, 0.2) is 273 Å². The number of aryl methyl sites for hydroxylation is 1. The van der Waals surface area contributed by atoms with Crippen LogP contribution < -0.4 is 9.80 Å². The van der Waals surface area contributed by atoms with Gasteiger partial charge in [-0.3, -0.25) is 0 Å². The van der Waals surface area contributed by atoms with Crippen molar-refractivity contribution in [2.75, 3.05) is 9.80 Å². The SMILES string of the molecule is CC.Cc1ccc(N(c2ccc(-c3ccccc3)cc2)c2ccc3c(c2)-c2ccccc2C32C3=C(Cc4ccccc43)c3ccc(N(c4ccc(-c5ccccc5)cc4)c4ccc(-c5ccccc5)cc4)cc32)cc1. The van der Waals surface area contributed by atoms with Gasteiger partial charge in [0.15, 0.2) is 0 Å². The van der Waals surface area contributed by atoms with Crippen LogP contribution in [0.25, 0.3) is 55.7 Å². The van der Waals surface area contributed by atoms with Crippen LogP contribution in [0.3, 0.4) is 0 Å². The van der Waals surface area contributed by atoms with Crippen molar-refractivity contribution in [3.8, 4) is 44.5 Å². The molecule has 11 aromatic carbocycles. The Balaban J connectivity index is 0.00000267. The predicted molar refractivity (Wildman–Crippen MR) is 317 cm³/mol. The van der Waals surface area contributed by atoms with E-state index in [1.807, 2.05) is 13.8 Å². The average molecular weight is 961 g/mol. The Morgan fingerprint density at radius 3 is 1.20 bits per heavy atom. The Kier molecular flexibility index (Phi) is 11.5. The highest BCUT2D eigenvalue weighted by atomic mass is 15.1. The molecule has 1 atom stereocenters. The van der Waals surface area contributed by atoms with E-state index in [1.54, 1.807) is 0 Å². The predicted octanol–water partition coefficient (Wildman–Crippen LogP) is 19.8. The van der Waals surface area contributed by atoms with Gasteiger partial charge in [0.25, 0.3) is 0 Å². The lowest BCUT2D eigenvalue weighted by Crippen LogP contribution is -2.27. The highest BCUT2D eigenvalue weighted by molar-refractivity contribution is 6.13. The molecule has 0 amide bonds. The van der Waals surface area contributed by atoms with Crippen LogP contribution in [0, 0.1) is 6.92 Å². The summed E-state index contributed by atoms with van der Waals surface area (Å²) >= 11 is 0. The van der Waals surface area contributed by atoms with Gasteiger partial charge in [-0.2, -0.15) is 0 Å². The minimum Gasteiger partial charge on any atom is -0.310 e. The third kappa shape index (κ3) is 7.64. The van der Waals surface area contributed by atoms with Gasteiger partial charge in [0, 0.05) is 34.1 Å². The van der Waals surface area contributed by atoms with Gasteiger partial charge in [0.2, 0.25) is 0 Å². The number of fused-ring (bicyclic) bond motifs is 11. The molecule has 75 heavy (non-hydrogen) atoms. The summed E-state index contributed by atoms with van der Waals surface area (Å²) in [6.07, 6.45) is 0.904. The average Bonchev–Trinajstić information content (AvgIpc) is 4.11. The van der Waals surface area contributed by atoms with Crippen LogP contribution in [-0.2, 0) is 11.8 Å². The van der Waals surface area contributed by atoms with E-state index in [-0.39, 0.29) is 0 Å². The Bertz CT molecular complexity index is 3810. The molecule has 358 valence electrons. The summed E-state index contributed by atoms with van der Waals surface area (Å²) in [7, 11) is 0. The monoisotopic (exact) mass is 960 g/mol. The molecule has 0 saturated heterocycles. The van der Waals surface area contributed by atoms with Crippen LogP contribution in [-0.4, -0.2) is 0 Å². The lowest BCUT2D eigenvalue weighted by molar-refractivity contribution is 0.841. The minimum absolute atomic E-state index is 0.552. The lowest BCUT2D eigenvalue weighted by atomic mass is 9.68. The molecule has 0 fully saturated rings. The number of rotatable bonds is 9. The number of allylic oxidation sites excluding steroid dienone is 2. The molecule has 0 heterocycles. The van der Waals surface area contributed by atoms with Crippen molar-refractivity contribution in [1.82, 2.24) is 0 Å². The molecule has 11 aromatic rings. The third-order valence-corrected chi connectivity index (χ3v) is 15.6. The van der Waals surface area contributed by atoms with Crippen LogP contribution in [0.4, 0.5) is 34.1 Å². The molecule has 0 radical (unpaired) electrons. The molecule has 3 aliphatic rings. The summed E-state index contributed by atoms with van der Waals surface area (Å²) in [5.74, 6) is 0. The summed E-state index contributed by atoms with van der Waals surface area (Å²) in [4.78, 5) is 4.87. The molecule has 1 spiro atoms. The molecular formula is C73H56N2. The van der Waals surface area contributed by atoms with Gasteiger partial charge < -0.3 is 9.80 Å².